The van der Waals surface area contributed by atoms with E-state index >= 15 is 0 Å². The van der Waals surface area contributed by atoms with Crippen LogP contribution in [0, 0.1) is 5.41 Å². The minimum absolute atomic E-state index is 0.138. The van der Waals surface area contributed by atoms with Crippen molar-refractivity contribution in [2.24, 2.45) is 16.9 Å². The maximum Gasteiger partial charge on any atom is 0.233 e. The van der Waals surface area contributed by atoms with Gasteiger partial charge in [-0.3, -0.25) is 9.59 Å². The quantitative estimate of drug-likeness (QED) is 0.504. The Morgan fingerprint density at radius 1 is 1.11 bits per heavy atom. The number of carbonyl (C=O) groups is 2. The second-order valence-corrected chi connectivity index (χ2v) is 5.27. The molecule has 0 aromatic rings. The van der Waals surface area contributed by atoms with E-state index in [1.165, 1.54) is 0 Å². The van der Waals surface area contributed by atoms with Gasteiger partial charge in [0.15, 0.2) is 0 Å². The van der Waals surface area contributed by atoms with Crippen molar-refractivity contribution in [3.05, 3.63) is 0 Å². The van der Waals surface area contributed by atoms with E-state index in [4.69, 9.17) is 23.7 Å². The smallest absolute Gasteiger partial charge is 0.233 e. The monoisotopic (exact) mass is 271 g/mol. The number of amides is 2. The molecule has 18 heavy (non-hydrogen) atoms. The molecule has 0 atom stereocenters. The lowest BCUT2D eigenvalue weighted by Gasteiger charge is -2.30. The van der Waals surface area contributed by atoms with Crippen LogP contribution in [0.5, 0.6) is 0 Å². The molecule has 2 amide bonds. The Hall–Kier alpha value is -1.17. The summed E-state index contributed by atoms with van der Waals surface area (Å²) in [6.07, 6.45) is 5.67. The summed E-state index contributed by atoms with van der Waals surface area (Å²) in [5.74, 6) is -0.585. The van der Waals surface area contributed by atoms with Crippen LogP contribution in [-0.2, 0) is 9.59 Å². The van der Waals surface area contributed by atoms with Crippen molar-refractivity contribution in [2.45, 2.75) is 44.9 Å². The molecule has 5 nitrogen and oxygen atoms in total. The van der Waals surface area contributed by atoms with E-state index in [2.05, 4.69) is 5.32 Å². The molecule has 0 aromatic carbocycles. The summed E-state index contributed by atoms with van der Waals surface area (Å²) < 4.78 is 0. The molecule has 0 unspecified atom stereocenters. The lowest BCUT2D eigenvalue weighted by atomic mass is 9.79. The summed E-state index contributed by atoms with van der Waals surface area (Å²) in [5, 5.41) is 2.73. The standard InChI is InChI=1S/C12H21N3O2S/c13-9(16)5-8-15-11(17)12(10(14)18)6-3-1-2-4-7-12/h1-8H2,(H2,13,16)(H2,14,18)(H,15,17). The molecule has 6 heteroatoms. The molecule has 0 bridgehead atoms. The highest BCUT2D eigenvalue weighted by molar-refractivity contribution is 7.80. The molecule has 1 fully saturated rings. The molecule has 1 aliphatic carbocycles. The van der Waals surface area contributed by atoms with Gasteiger partial charge in [-0.1, -0.05) is 37.9 Å². The highest BCUT2D eigenvalue weighted by Crippen LogP contribution is 2.35. The molecule has 102 valence electrons. The highest BCUT2D eigenvalue weighted by Gasteiger charge is 2.41. The first-order valence-electron chi connectivity index (χ1n) is 6.35. The van der Waals surface area contributed by atoms with Gasteiger partial charge in [0.2, 0.25) is 11.8 Å². The van der Waals surface area contributed by atoms with Crippen LogP contribution in [0.4, 0.5) is 0 Å². The number of nitrogens with one attached hydrogen (secondary N) is 1. The van der Waals surface area contributed by atoms with Crippen molar-refractivity contribution >= 4 is 29.0 Å². The molecular formula is C12H21N3O2S. The molecule has 0 aromatic heterocycles. The summed E-state index contributed by atoms with van der Waals surface area (Å²) in [7, 11) is 0. The summed E-state index contributed by atoms with van der Waals surface area (Å²) in [4.78, 5) is 23.2. The van der Waals surface area contributed by atoms with Gasteiger partial charge in [-0.05, 0) is 12.8 Å². The molecule has 1 saturated carbocycles. The van der Waals surface area contributed by atoms with Crippen LogP contribution in [0.15, 0.2) is 0 Å². The minimum Gasteiger partial charge on any atom is -0.392 e. The summed E-state index contributed by atoms with van der Waals surface area (Å²) >= 11 is 5.09. The zero-order valence-electron chi connectivity index (χ0n) is 10.5. The van der Waals surface area contributed by atoms with Crippen LogP contribution >= 0.6 is 12.2 Å². The van der Waals surface area contributed by atoms with E-state index in [1.807, 2.05) is 0 Å². The number of thiocarbonyl (C=S) groups is 1. The second-order valence-electron chi connectivity index (χ2n) is 4.83. The fourth-order valence-electron chi connectivity index (χ4n) is 2.39. The number of primary amides is 1. The molecule has 0 spiro atoms. The predicted octanol–water partition coefficient (Wildman–Crippen LogP) is 0.605. The zero-order chi connectivity index (χ0) is 13.6. The first-order valence-corrected chi connectivity index (χ1v) is 6.76. The Morgan fingerprint density at radius 3 is 2.11 bits per heavy atom. The average molecular weight is 271 g/mol. The van der Waals surface area contributed by atoms with Gasteiger partial charge >= 0.3 is 0 Å². The van der Waals surface area contributed by atoms with Crippen molar-refractivity contribution in [1.82, 2.24) is 5.32 Å². The zero-order valence-corrected chi connectivity index (χ0v) is 11.4. The third kappa shape index (κ3) is 3.66. The normalized spacial score (nSPS) is 18.7. The van der Waals surface area contributed by atoms with Gasteiger partial charge in [0.25, 0.3) is 0 Å². The first-order chi connectivity index (χ1) is 8.49. The number of carbonyl (C=O) groups excluding carboxylic acids is 2. The molecule has 5 N–H and O–H groups in total. The van der Waals surface area contributed by atoms with Crippen molar-refractivity contribution in [1.29, 1.82) is 0 Å². The Kier molecular flexibility index (Phi) is 5.53. The number of rotatable bonds is 5. The topological polar surface area (TPSA) is 98.2 Å². The lowest BCUT2D eigenvalue weighted by molar-refractivity contribution is -0.128. The predicted molar refractivity (Wildman–Crippen MR) is 73.7 cm³/mol. The van der Waals surface area contributed by atoms with Crippen LogP contribution < -0.4 is 16.8 Å². The van der Waals surface area contributed by atoms with Gasteiger partial charge in [0.05, 0.1) is 10.4 Å². The Morgan fingerprint density at radius 2 is 1.67 bits per heavy atom. The SMILES string of the molecule is NC(=O)CCNC(=O)C1(C(N)=S)CCCCCC1. The molecule has 1 rings (SSSR count). The van der Waals surface area contributed by atoms with Gasteiger partial charge in [-0.15, -0.1) is 0 Å². The molecule has 1 aliphatic rings. The lowest BCUT2D eigenvalue weighted by Crippen LogP contribution is -2.49. The van der Waals surface area contributed by atoms with Gasteiger partial charge in [0, 0.05) is 13.0 Å². The summed E-state index contributed by atoms with van der Waals surface area (Å²) in [5.41, 5.74) is 10.1. The molecule has 0 heterocycles. The van der Waals surface area contributed by atoms with Crippen LogP contribution in [0.25, 0.3) is 0 Å². The minimum atomic E-state index is -0.733. The second kappa shape index (κ2) is 6.68. The van der Waals surface area contributed by atoms with Gasteiger partial charge in [-0.2, -0.15) is 0 Å². The van der Waals surface area contributed by atoms with Crippen LogP contribution in [-0.4, -0.2) is 23.3 Å². The van der Waals surface area contributed by atoms with Crippen molar-refractivity contribution < 1.29 is 9.59 Å². The number of hydrogen-bond acceptors (Lipinski definition) is 3. The maximum absolute atomic E-state index is 12.3. The molecule has 0 radical (unpaired) electrons. The highest BCUT2D eigenvalue weighted by atomic mass is 32.1. The number of hydrogen-bond donors (Lipinski definition) is 3. The van der Waals surface area contributed by atoms with Crippen LogP contribution in [0.2, 0.25) is 0 Å². The van der Waals surface area contributed by atoms with Gasteiger partial charge in [0.1, 0.15) is 0 Å². The third-order valence-electron chi connectivity index (χ3n) is 3.52. The van der Waals surface area contributed by atoms with Gasteiger partial charge < -0.3 is 16.8 Å². The first kappa shape index (κ1) is 14.9. The summed E-state index contributed by atoms with van der Waals surface area (Å²) in [6.45, 7) is 0.249. The molecular weight excluding hydrogens is 250 g/mol. The van der Waals surface area contributed by atoms with Crippen molar-refractivity contribution in [3.8, 4) is 0 Å². The molecule has 0 aliphatic heterocycles. The maximum atomic E-state index is 12.3. The van der Waals surface area contributed by atoms with Crippen molar-refractivity contribution in [3.63, 3.8) is 0 Å². The Labute approximate surface area is 113 Å². The van der Waals surface area contributed by atoms with E-state index < -0.39 is 11.3 Å². The van der Waals surface area contributed by atoms with E-state index in [-0.39, 0.29) is 23.9 Å². The largest absolute Gasteiger partial charge is 0.392 e. The Bertz CT molecular complexity index is 336. The van der Waals surface area contributed by atoms with E-state index in [1.54, 1.807) is 0 Å². The van der Waals surface area contributed by atoms with Gasteiger partial charge in [-0.25, -0.2) is 0 Å². The average Bonchev–Trinajstić information content (AvgIpc) is 2.54. The van der Waals surface area contributed by atoms with Crippen LogP contribution in [0.3, 0.4) is 0 Å². The van der Waals surface area contributed by atoms with E-state index in [9.17, 15) is 9.59 Å². The Balaban J connectivity index is 2.67. The summed E-state index contributed by atoms with van der Waals surface area (Å²) in [6, 6.07) is 0. The van der Waals surface area contributed by atoms with E-state index in [0.717, 1.165) is 25.7 Å². The fourth-order valence-corrected chi connectivity index (χ4v) is 2.68. The van der Waals surface area contributed by atoms with Crippen LogP contribution in [0.1, 0.15) is 44.9 Å². The number of nitrogens with two attached hydrogens (primary N) is 2. The van der Waals surface area contributed by atoms with E-state index in [0.29, 0.717) is 12.8 Å². The molecule has 0 saturated heterocycles. The fraction of sp³-hybridized carbons (Fsp3) is 0.750. The third-order valence-corrected chi connectivity index (χ3v) is 3.91. The van der Waals surface area contributed by atoms with Crippen molar-refractivity contribution in [2.75, 3.05) is 6.54 Å².